The molecule has 0 N–H and O–H groups in total. The third kappa shape index (κ3) is 1.28. The molecule has 0 saturated heterocycles. The van der Waals surface area contributed by atoms with E-state index in [1.807, 2.05) is 0 Å². The van der Waals surface area contributed by atoms with Crippen molar-refractivity contribution in [3.8, 4) is 0 Å². The van der Waals surface area contributed by atoms with Crippen LogP contribution in [0.5, 0.6) is 0 Å². The lowest BCUT2D eigenvalue weighted by atomic mass is 9.88. The standard InChI is InChI=1S/C16H18O/c1-9-7-11-3-2-4-12(11)16-13(10-5-6-10)8-14(17)15(9)16/h7,10,13H,2-6,8H2,1H3. The van der Waals surface area contributed by atoms with Crippen molar-refractivity contribution in [2.75, 3.05) is 0 Å². The molecule has 3 aliphatic carbocycles. The predicted octanol–water partition coefficient (Wildman–Crippen LogP) is 3.56. The van der Waals surface area contributed by atoms with Gasteiger partial charge in [-0.3, -0.25) is 4.79 Å². The Balaban J connectivity index is 1.97. The van der Waals surface area contributed by atoms with Crippen LogP contribution in [0.25, 0.3) is 0 Å². The highest BCUT2D eigenvalue weighted by Gasteiger charge is 2.42. The van der Waals surface area contributed by atoms with Crippen LogP contribution in [0.2, 0.25) is 0 Å². The van der Waals surface area contributed by atoms with E-state index in [2.05, 4.69) is 13.0 Å². The highest BCUT2D eigenvalue weighted by molar-refractivity contribution is 6.03. The number of Topliss-reactive ketones (excluding diaryl/α,β-unsaturated/α-hetero) is 1. The van der Waals surface area contributed by atoms with Crippen molar-refractivity contribution in [3.05, 3.63) is 33.9 Å². The second kappa shape index (κ2) is 3.22. The Bertz CT molecular complexity index is 523. The first kappa shape index (κ1) is 9.87. The molecule has 1 nitrogen and oxygen atoms in total. The molecular formula is C16H18O. The van der Waals surface area contributed by atoms with E-state index in [-0.39, 0.29) is 0 Å². The first-order valence-electron chi connectivity index (χ1n) is 6.94. The number of carbonyl (C=O) groups is 1. The predicted molar refractivity (Wildman–Crippen MR) is 67.6 cm³/mol. The van der Waals surface area contributed by atoms with Crippen LogP contribution in [0.3, 0.4) is 0 Å². The van der Waals surface area contributed by atoms with E-state index in [0.29, 0.717) is 11.7 Å². The topological polar surface area (TPSA) is 17.1 Å². The van der Waals surface area contributed by atoms with Crippen molar-refractivity contribution < 1.29 is 4.79 Å². The minimum absolute atomic E-state index is 0.420. The Morgan fingerprint density at radius 2 is 2.06 bits per heavy atom. The summed E-state index contributed by atoms with van der Waals surface area (Å²) in [4.78, 5) is 12.2. The number of aryl methyl sites for hydroxylation is 2. The number of rotatable bonds is 1. The number of benzene rings is 1. The van der Waals surface area contributed by atoms with Gasteiger partial charge in [0.2, 0.25) is 0 Å². The Morgan fingerprint density at radius 1 is 1.24 bits per heavy atom. The highest BCUT2D eigenvalue weighted by atomic mass is 16.1. The fourth-order valence-corrected chi connectivity index (χ4v) is 4.01. The van der Waals surface area contributed by atoms with E-state index < -0.39 is 0 Å². The Kier molecular flexibility index (Phi) is 1.87. The van der Waals surface area contributed by atoms with E-state index >= 15 is 0 Å². The van der Waals surface area contributed by atoms with Crippen LogP contribution in [0.4, 0.5) is 0 Å². The molecule has 1 atom stereocenters. The highest BCUT2D eigenvalue weighted by Crippen LogP contribution is 2.52. The van der Waals surface area contributed by atoms with Crippen molar-refractivity contribution in [1.82, 2.24) is 0 Å². The number of hydrogen-bond donors (Lipinski definition) is 0. The maximum Gasteiger partial charge on any atom is 0.164 e. The van der Waals surface area contributed by atoms with Crippen LogP contribution in [0.1, 0.15) is 64.2 Å². The van der Waals surface area contributed by atoms with Gasteiger partial charge < -0.3 is 0 Å². The second-order valence-corrected chi connectivity index (χ2v) is 6.04. The number of fused-ring (bicyclic) bond motifs is 3. The molecule has 0 aromatic heterocycles. The monoisotopic (exact) mass is 226 g/mol. The van der Waals surface area contributed by atoms with Crippen molar-refractivity contribution in [3.63, 3.8) is 0 Å². The maximum absolute atomic E-state index is 12.2. The average Bonchev–Trinajstić information content (AvgIpc) is 2.93. The molecule has 1 fully saturated rings. The lowest BCUT2D eigenvalue weighted by molar-refractivity contribution is 0.0986. The fraction of sp³-hybridized carbons (Fsp3) is 0.562. The molecule has 0 amide bonds. The molecule has 88 valence electrons. The molecule has 1 saturated carbocycles. The van der Waals surface area contributed by atoms with Gasteiger partial charge in [-0.2, -0.15) is 0 Å². The zero-order valence-electron chi connectivity index (χ0n) is 10.4. The van der Waals surface area contributed by atoms with Crippen molar-refractivity contribution in [2.24, 2.45) is 5.92 Å². The van der Waals surface area contributed by atoms with E-state index in [1.54, 1.807) is 11.1 Å². The SMILES string of the molecule is Cc1cc2c(c3c1C(=O)CC3C1CC1)CCC2. The van der Waals surface area contributed by atoms with Crippen LogP contribution < -0.4 is 0 Å². The first-order chi connectivity index (χ1) is 8.25. The van der Waals surface area contributed by atoms with Crippen LogP contribution in [-0.2, 0) is 12.8 Å². The lowest BCUT2D eigenvalue weighted by Gasteiger charge is -2.15. The van der Waals surface area contributed by atoms with Gasteiger partial charge in [0.15, 0.2) is 5.78 Å². The molecule has 3 aliphatic rings. The van der Waals surface area contributed by atoms with Gasteiger partial charge in [-0.1, -0.05) is 6.07 Å². The zero-order valence-corrected chi connectivity index (χ0v) is 10.4. The average molecular weight is 226 g/mol. The summed E-state index contributed by atoms with van der Waals surface area (Å²) in [6.07, 6.45) is 7.23. The van der Waals surface area contributed by atoms with E-state index in [1.165, 1.54) is 43.2 Å². The molecular weight excluding hydrogens is 208 g/mol. The van der Waals surface area contributed by atoms with E-state index in [9.17, 15) is 4.79 Å². The van der Waals surface area contributed by atoms with Gasteiger partial charge in [0.1, 0.15) is 0 Å². The van der Waals surface area contributed by atoms with Gasteiger partial charge in [0.25, 0.3) is 0 Å². The Morgan fingerprint density at radius 3 is 2.82 bits per heavy atom. The molecule has 17 heavy (non-hydrogen) atoms. The van der Waals surface area contributed by atoms with Gasteiger partial charge in [-0.25, -0.2) is 0 Å². The number of ketones is 1. The molecule has 0 spiro atoms. The van der Waals surface area contributed by atoms with Gasteiger partial charge in [-0.15, -0.1) is 0 Å². The second-order valence-electron chi connectivity index (χ2n) is 6.04. The molecule has 1 aromatic carbocycles. The molecule has 1 unspecified atom stereocenters. The molecule has 0 heterocycles. The molecule has 4 rings (SSSR count). The maximum atomic E-state index is 12.2. The largest absolute Gasteiger partial charge is 0.294 e. The summed E-state index contributed by atoms with van der Waals surface area (Å²) >= 11 is 0. The summed E-state index contributed by atoms with van der Waals surface area (Å²) in [5.74, 6) is 1.83. The smallest absolute Gasteiger partial charge is 0.164 e. The van der Waals surface area contributed by atoms with Crippen molar-refractivity contribution in [1.29, 1.82) is 0 Å². The van der Waals surface area contributed by atoms with Gasteiger partial charge >= 0.3 is 0 Å². The van der Waals surface area contributed by atoms with Crippen LogP contribution in [-0.4, -0.2) is 5.78 Å². The normalized spacial score (nSPS) is 26.2. The summed E-state index contributed by atoms with van der Waals surface area (Å²) in [6, 6.07) is 2.29. The minimum atomic E-state index is 0.420. The zero-order chi connectivity index (χ0) is 11.6. The van der Waals surface area contributed by atoms with E-state index in [0.717, 1.165) is 17.9 Å². The summed E-state index contributed by atoms with van der Waals surface area (Å²) in [7, 11) is 0. The third-order valence-corrected chi connectivity index (χ3v) is 4.89. The lowest BCUT2D eigenvalue weighted by Crippen LogP contribution is -2.02. The third-order valence-electron chi connectivity index (χ3n) is 4.89. The molecule has 0 radical (unpaired) electrons. The summed E-state index contributed by atoms with van der Waals surface area (Å²) < 4.78 is 0. The summed E-state index contributed by atoms with van der Waals surface area (Å²) in [5.41, 5.74) is 6.95. The molecule has 1 heteroatoms. The van der Waals surface area contributed by atoms with Crippen LogP contribution >= 0.6 is 0 Å². The molecule has 0 bridgehead atoms. The number of hydrogen-bond acceptors (Lipinski definition) is 1. The molecule has 1 aromatic rings. The number of carbonyl (C=O) groups excluding carboxylic acids is 1. The van der Waals surface area contributed by atoms with Gasteiger partial charge in [0.05, 0.1) is 0 Å². The van der Waals surface area contributed by atoms with E-state index in [4.69, 9.17) is 0 Å². The summed E-state index contributed by atoms with van der Waals surface area (Å²) in [6.45, 7) is 2.13. The van der Waals surface area contributed by atoms with Gasteiger partial charge in [0, 0.05) is 12.0 Å². The van der Waals surface area contributed by atoms with Crippen LogP contribution in [0.15, 0.2) is 6.07 Å². The fourth-order valence-electron chi connectivity index (χ4n) is 4.01. The minimum Gasteiger partial charge on any atom is -0.294 e. The van der Waals surface area contributed by atoms with Gasteiger partial charge in [-0.05, 0) is 73.1 Å². The van der Waals surface area contributed by atoms with Crippen molar-refractivity contribution in [2.45, 2.75) is 51.4 Å². The Hall–Kier alpha value is -1.11. The van der Waals surface area contributed by atoms with Crippen molar-refractivity contribution >= 4 is 5.78 Å². The van der Waals surface area contributed by atoms with Crippen LogP contribution in [0, 0.1) is 12.8 Å². The quantitative estimate of drug-likeness (QED) is 0.715. The Labute approximate surface area is 102 Å². The molecule has 0 aliphatic heterocycles. The first-order valence-corrected chi connectivity index (χ1v) is 6.94. The summed E-state index contributed by atoms with van der Waals surface area (Å²) in [5, 5.41) is 0.